The fourth-order valence-electron chi connectivity index (χ4n) is 3.19. The average Bonchev–Trinajstić information content (AvgIpc) is 3.08. The molecule has 1 aliphatic rings. The molecule has 1 unspecified atom stereocenters. The molecule has 2 aromatic rings. The molecule has 1 atom stereocenters. The summed E-state index contributed by atoms with van der Waals surface area (Å²) in [4.78, 5) is 31.2. The van der Waals surface area contributed by atoms with E-state index < -0.39 is 23.4 Å². The molecule has 3 rings (SSSR count). The van der Waals surface area contributed by atoms with Gasteiger partial charge in [0.15, 0.2) is 12.0 Å². The van der Waals surface area contributed by atoms with E-state index in [1.807, 2.05) is 0 Å². The normalized spacial score (nSPS) is 17.5. The van der Waals surface area contributed by atoms with E-state index in [1.54, 1.807) is 52.4 Å². The molecule has 10 heteroatoms. The molecule has 0 bridgehead atoms. The van der Waals surface area contributed by atoms with Crippen molar-refractivity contribution in [3.8, 4) is 0 Å². The highest BCUT2D eigenvalue weighted by Crippen LogP contribution is 2.35. The number of carbonyl (C=O) groups is 2. The summed E-state index contributed by atoms with van der Waals surface area (Å²) in [5.41, 5.74) is -0.952. The average molecular weight is 497 g/mol. The highest BCUT2D eigenvalue weighted by molar-refractivity contribution is 9.10. The number of amides is 2. The van der Waals surface area contributed by atoms with Crippen LogP contribution in [0.2, 0.25) is 0 Å². The minimum absolute atomic E-state index is 0.0868. The predicted molar refractivity (Wildman–Crippen MR) is 119 cm³/mol. The van der Waals surface area contributed by atoms with Crippen LogP contribution in [0.4, 0.5) is 15.4 Å². The van der Waals surface area contributed by atoms with E-state index in [0.717, 1.165) is 24.2 Å². The van der Waals surface area contributed by atoms with Gasteiger partial charge in [0.1, 0.15) is 11.2 Å². The van der Waals surface area contributed by atoms with Crippen LogP contribution in [0.25, 0.3) is 10.9 Å². The summed E-state index contributed by atoms with van der Waals surface area (Å²) in [7, 11) is 0. The fraction of sp³-hybridized carbons (Fsp3) is 0.619. The Balaban J connectivity index is 2.10. The van der Waals surface area contributed by atoms with E-state index >= 15 is 0 Å². The Morgan fingerprint density at radius 1 is 1.10 bits per heavy atom. The number of rotatable bonds is 2. The zero-order valence-corrected chi connectivity index (χ0v) is 20.4. The molecule has 2 amide bonds. The van der Waals surface area contributed by atoms with Crippen molar-refractivity contribution in [3.05, 3.63) is 16.9 Å². The second-order valence-electron chi connectivity index (χ2n) is 9.40. The lowest BCUT2D eigenvalue weighted by atomic mass is 10.2. The number of pyridine rings is 1. The van der Waals surface area contributed by atoms with Gasteiger partial charge in [0.25, 0.3) is 0 Å². The fourth-order valence-corrected chi connectivity index (χ4v) is 3.69. The molecule has 0 spiro atoms. The molecule has 0 aromatic carbocycles. The number of imide groups is 1. The first kappa shape index (κ1) is 23.5. The number of aromatic nitrogens is 3. The quantitative estimate of drug-likeness (QED) is 0.535. The van der Waals surface area contributed by atoms with E-state index in [4.69, 9.17) is 14.2 Å². The number of halogens is 1. The van der Waals surface area contributed by atoms with E-state index in [2.05, 4.69) is 26.0 Å². The molecular weight excluding hydrogens is 468 g/mol. The number of fused-ring (bicyclic) bond motifs is 1. The third-order valence-corrected chi connectivity index (χ3v) is 4.94. The van der Waals surface area contributed by atoms with Gasteiger partial charge in [-0.3, -0.25) is 0 Å². The van der Waals surface area contributed by atoms with Crippen LogP contribution in [-0.2, 0) is 14.2 Å². The maximum absolute atomic E-state index is 13.0. The third kappa shape index (κ3) is 5.54. The zero-order chi connectivity index (χ0) is 23.0. The van der Waals surface area contributed by atoms with Gasteiger partial charge in [-0.25, -0.2) is 19.3 Å². The Bertz CT molecular complexity index is 943. The van der Waals surface area contributed by atoms with Gasteiger partial charge in [-0.15, -0.1) is 0 Å². The van der Waals surface area contributed by atoms with Crippen LogP contribution < -0.4 is 4.90 Å². The van der Waals surface area contributed by atoms with Crippen molar-refractivity contribution in [1.29, 1.82) is 0 Å². The molecule has 0 N–H and O–H groups in total. The number of hydrogen-bond donors (Lipinski definition) is 0. The Labute approximate surface area is 190 Å². The van der Waals surface area contributed by atoms with E-state index in [1.165, 1.54) is 6.20 Å². The Kier molecular flexibility index (Phi) is 6.61. The standard InChI is InChI=1S/C21H29BrN4O5/c1-20(2,3)30-18(27)25(19(28)31-21(4,5)6)17-13-11-24-26(15-9-7-8-10-29-15)16(13)14(22)12-23-17/h11-12,15H,7-10H2,1-6H3. The lowest BCUT2D eigenvalue weighted by Gasteiger charge is -2.28. The molecule has 1 fully saturated rings. The van der Waals surface area contributed by atoms with Crippen molar-refractivity contribution >= 4 is 44.8 Å². The van der Waals surface area contributed by atoms with Gasteiger partial charge in [-0.05, 0) is 76.7 Å². The summed E-state index contributed by atoms with van der Waals surface area (Å²) in [5.74, 6) is 0.0868. The van der Waals surface area contributed by atoms with Crippen LogP contribution >= 0.6 is 15.9 Å². The Morgan fingerprint density at radius 3 is 2.23 bits per heavy atom. The van der Waals surface area contributed by atoms with Crippen LogP contribution in [0.1, 0.15) is 67.0 Å². The van der Waals surface area contributed by atoms with Crippen molar-refractivity contribution in [2.24, 2.45) is 0 Å². The molecule has 0 radical (unpaired) electrons. The summed E-state index contributed by atoms with van der Waals surface area (Å²) in [5, 5.41) is 4.98. The van der Waals surface area contributed by atoms with Gasteiger partial charge in [-0.1, -0.05) is 0 Å². The van der Waals surface area contributed by atoms with Crippen LogP contribution in [-0.4, -0.2) is 44.8 Å². The van der Waals surface area contributed by atoms with Crippen molar-refractivity contribution < 1.29 is 23.8 Å². The van der Waals surface area contributed by atoms with Gasteiger partial charge in [0.05, 0.1) is 21.6 Å². The second-order valence-corrected chi connectivity index (χ2v) is 10.3. The van der Waals surface area contributed by atoms with Gasteiger partial charge >= 0.3 is 12.2 Å². The lowest BCUT2D eigenvalue weighted by molar-refractivity contribution is -0.0367. The highest BCUT2D eigenvalue weighted by Gasteiger charge is 2.35. The van der Waals surface area contributed by atoms with Crippen LogP contribution in [0.5, 0.6) is 0 Å². The van der Waals surface area contributed by atoms with E-state index in [9.17, 15) is 9.59 Å². The number of carbonyl (C=O) groups excluding carboxylic acids is 2. The molecule has 0 aliphatic carbocycles. The minimum atomic E-state index is -0.875. The summed E-state index contributed by atoms with van der Waals surface area (Å²) >= 11 is 3.52. The van der Waals surface area contributed by atoms with Gasteiger partial charge < -0.3 is 14.2 Å². The first-order valence-electron chi connectivity index (χ1n) is 10.3. The first-order chi connectivity index (χ1) is 14.4. The van der Waals surface area contributed by atoms with Crippen molar-refractivity contribution in [3.63, 3.8) is 0 Å². The number of nitrogens with zero attached hydrogens (tertiary/aromatic N) is 4. The van der Waals surface area contributed by atoms with Crippen LogP contribution in [0.15, 0.2) is 16.9 Å². The van der Waals surface area contributed by atoms with Crippen molar-refractivity contribution in [2.45, 2.75) is 78.2 Å². The minimum Gasteiger partial charge on any atom is -0.443 e. The van der Waals surface area contributed by atoms with Gasteiger partial charge in [0, 0.05) is 12.8 Å². The molecule has 31 heavy (non-hydrogen) atoms. The summed E-state index contributed by atoms with van der Waals surface area (Å²) in [6.07, 6.45) is 3.98. The van der Waals surface area contributed by atoms with E-state index in [0.29, 0.717) is 22.0 Å². The molecule has 1 saturated heterocycles. The molecule has 3 heterocycles. The number of anilines is 1. The molecular formula is C21H29BrN4O5. The largest absolute Gasteiger partial charge is 0.443 e. The highest BCUT2D eigenvalue weighted by atomic mass is 79.9. The third-order valence-electron chi connectivity index (χ3n) is 4.36. The molecule has 9 nitrogen and oxygen atoms in total. The van der Waals surface area contributed by atoms with E-state index in [-0.39, 0.29) is 12.0 Å². The van der Waals surface area contributed by atoms with Crippen LogP contribution in [0.3, 0.4) is 0 Å². The number of ether oxygens (including phenoxy) is 3. The van der Waals surface area contributed by atoms with Crippen molar-refractivity contribution in [2.75, 3.05) is 11.5 Å². The smallest absolute Gasteiger partial charge is 0.425 e. The number of hydrogen-bond acceptors (Lipinski definition) is 7. The zero-order valence-electron chi connectivity index (χ0n) is 18.8. The van der Waals surface area contributed by atoms with Crippen LogP contribution in [0, 0.1) is 0 Å². The predicted octanol–water partition coefficient (Wildman–Crippen LogP) is 5.57. The lowest BCUT2D eigenvalue weighted by Crippen LogP contribution is -2.44. The maximum atomic E-state index is 13.0. The topological polar surface area (TPSA) is 95.8 Å². The Hall–Kier alpha value is -2.20. The second kappa shape index (κ2) is 8.74. The van der Waals surface area contributed by atoms with Gasteiger partial charge in [0.2, 0.25) is 0 Å². The van der Waals surface area contributed by atoms with Crippen molar-refractivity contribution in [1.82, 2.24) is 14.8 Å². The summed E-state index contributed by atoms with van der Waals surface area (Å²) in [6.45, 7) is 11.0. The Morgan fingerprint density at radius 2 is 1.71 bits per heavy atom. The maximum Gasteiger partial charge on any atom is 0.425 e. The first-order valence-corrected chi connectivity index (χ1v) is 11.1. The molecule has 0 saturated carbocycles. The van der Waals surface area contributed by atoms with Gasteiger partial charge in [-0.2, -0.15) is 10.00 Å². The molecule has 170 valence electrons. The molecule has 1 aliphatic heterocycles. The summed E-state index contributed by atoms with van der Waals surface area (Å²) < 4.78 is 19.3. The molecule has 2 aromatic heterocycles. The summed E-state index contributed by atoms with van der Waals surface area (Å²) in [6, 6.07) is 0. The monoisotopic (exact) mass is 496 g/mol. The SMILES string of the molecule is CC(C)(C)OC(=O)N(C(=O)OC(C)(C)C)c1ncc(Br)c2c1cnn2C1CCCCO1.